The molecule has 0 amide bonds. The number of hydrogen-bond donors (Lipinski definition) is 1. The number of pyridine rings is 1. The van der Waals surface area contributed by atoms with Crippen molar-refractivity contribution in [3.63, 3.8) is 0 Å². The molecule has 2 aromatic heterocycles. The lowest BCUT2D eigenvalue weighted by atomic mass is 10.2. The minimum absolute atomic E-state index is 0.371. The summed E-state index contributed by atoms with van der Waals surface area (Å²) >= 11 is 24.2. The second-order valence-electron chi connectivity index (χ2n) is 5.43. The molecular weight excluding hydrogens is 416 g/mol. The van der Waals surface area contributed by atoms with Gasteiger partial charge in [0.2, 0.25) is 0 Å². The first-order valence-electron chi connectivity index (χ1n) is 7.51. The summed E-state index contributed by atoms with van der Waals surface area (Å²) in [4.78, 5) is 4.07. The van der Waals surface area contributed by atoms with E-state index in [1.807, 2.05) is 31.2 Å². The summed E-state index contributed by atoms with van der Waals surface area (Å²) < 4.78 is 1.70. The van der Waals surface area contributed by atoms with Crippen molar-refractivity contribution in [2.75, 3.05) is 5.43 Å². The Morgan fingerprint density at radius 1 is 1.12 bits per heavy atom. The Labute approximate surface area is 170 Å². The zero-order chi connectivity index (χ0) is 18.7. The molecule has 2 heterocycles. The van der Waals surface area contributed by atoms with Crippen LogP contribution in [0, 0.1) is 6.92 Å². The van der Waals surface area contributed by atoms with Crippen molar-refractivity contribution in [2.45, 2.75) is 13.5 Å². The van der Waals surface area contributed by atoms with E-state index in [2.05, 4.69) is 20.6 Å². The van der Waals surface area contributed by atoms with Crippen LogP contribution in [0.3, 0.4) is 0 Å². The molecule has 3 aromatic rings. The fourth-order valence-electron chi connectivity index (χ4n) is 2.24. The Hall–Kier alpha value is -1.79. The topological polar surface area (TPSA) is 55.1 Å². The maximum Gasteiger partial charge on any atom is 0.165 e. The predicted molar refractivity (Wildman–Crippen MR) is 108 cm³/mol. The first-order chi connectivity index (χ1) is 12.4. The predicted octanol–water partition coefficient (Wildman–Crippen LogP) is 5.69. The van der Waals surface area contributed by atoms with Crippen LogP contribution in [0.1, 0.15) is 16.8 Å². The highest BCUT2D eigenvalue weighted by Crippen LogP contribution is 2.23. The van der Waals surface area contributed by atoms with Gasteiger partial charge in [-0.3, -0.25) is 5.43 Å². The van der Waals surface area contributed by atoms with Crippen LogP contribution >= 0.6 is 46.4 Å². The molecule has 0 spiro atoms. The van der Waals surface area contributed by atoms with Crippen LogP contribution in [0.15, 0.2) is 41.6 Å². The third kappa shape index (κ3) is 4.48. The van der Waals surface area contributed by atoms with Gasteiger partial charge in [-0.15, -0.1) is 0 Å². The molecule has 0 saturated carbocycles. The van der Waals surface area contributed by atoms with Crippen LogP contribution in [0.5, 0.6) is 0 Å². The van der Waals surface area contributed by atoms with Gasteiger partial charge in [0.15, 0.2) is 5.82 Å². The number of anilines is 1. The van der Waals surface area contributed by atoms with E-state index >= 15 is 0 Å². The molecule has 0 radical (unpaired) electrons. The highest BCUT2D eigenvalue weighted by molar-refractivity contribution is 6.36. The zero-order valence-corrected chi connectivity index (χ0v) is 16.6. The molecule has 0 aliphatic carbocycles. The molecule has 1 aromatic carbocycles. The Bertz CT molecular complexity index is 951. The largest absolute Gasteiger partial charge is 0.260 e. The number of nitrogens with one attached hydrogen (secondary N) is 1. The standard InChI is InChI=1S/C17H13Cl4N5/c1-10-14(8-23-24-17-15(20)6-13(19)7-22-17)16(21)26(25-10)9-11-2-4-12(18)5-3-11/h2-8H,9H2,1H3,(H,22,24)/b23-8+. The number of halogens is 4. The number of aryl methyl sites for hydroxylation is 1. The normalized spacial score (nSPS) is 11.3. The van der Waals surface area contributed by atoms with E-state index in [-0.39, 0.29) is 0 Å². The third-order valence-electron chi connectivity index (χ3n) is 3.53. The lowest BCUT2D eigenvalue weighted by molar-refractivity contribution is 0.680. The first kappa shape index (κ1) is 19.0. The van der Waals surface area contributed by atoms with E-state index in [1.54, 1.807) is 17.0 Å². The van der Waals surface area contributed by atoms with Gasteiger partial charge in [-0.05, 0) is 30.7 Å². The molecule has 0 aliphatic rings. The van der Waals surface area contributed by atoms with Crippen molar-refractivity contribution in [2.24, 2.45) is 5.10 Å². The summed E-state index contributed by atoms with van der Waals surface area (Å²) in [7, 11) is 0. The summed E-state index contributed by atoms with van der Waals surface area (Å²) in [6.45, 7) is 2.39. The average molecular weight is 429 g/mol. The van der Waals surface area contributed by atoms with Crippen LogP contribution in [0.4, 0.5) is 5.82 Å². The van der Waals surface area contributed by atoms with Gasteiger partial charge in [0, 0.05) is 11.2 Å². The minimum atomic E-state index is 0.371. The van der Waals surface area contributed by atoms with Crippen LogP contribution < -0.4 is 5.43 Å². The Kier molecular flexibility index (Phi) is 6.04. The monoisotopic (exact) mass is 427 g/mol. The van der Waals surface area contributed by atoms with Crippen molar-refractivity contribution < 1.29 is 0 Å². The number of hydrogen-bond acceptors (Lipinski definition) is 4. The van der Waals surface area contributed by atoms with Crippen LogP contribution in [0.25, 0.3) is 0 Å². The van der Waals surface area contributed by atoms with E-state index in [9.17, 15) is 0 Å². The van der Waals surface area contributed by atoms with Gasteiger partial charge in [-0.2, -0.15) is 10.2 Å². The van der Waals surface area contributed by atoms with Crippen molar-refractivity contribution in [1.82, 2.24) is 14.8 Å². The van der Waals surface area contributed by atoms with Gasteiger partial charge in [-0.1, -0.05) is 58.5 Å². The van der Waals surface area contributed by atoms with E-state index in [0.29, 0.717) is 38.1 Å². The van der Waals surface area contributed by atoms with Crippen LogP contribution in [-0.2, 0) is 6.54 Å². The number of aromatic nitrogens is 3. The molecule has 0 unspecified atom stereocenters. The number of benzene rings is 1. The summed E-state index contributed by atoms with van der Waals surface area (Å²) in [6.07, 6.45) is 3.06. The zero-order valence-electron chi connectivity index (χ0n) is 13.5. The van der Waals surface area contributed by atoms with Crippen LogP contribution in [0.2, 0.25) is 20.2 Å². The third-order valence-corrected chi connectivity index (χ3v) is 4.67. The van der Waals surface area contributed by atoms with Gasteiger partial charge >= 0.3 is 0 Å². The van der Waals surface area contributed by atoms with E-state index in [4.69, 9.17) is 46.4 Å². The van der Waals surface area contributed by atoms with E-state index < -0.39 is 0 Å². The van der Waals surface area contributed by atoms with E-state index in [0.717, 1.165) is 11.3 Å². The summed E-state index contributed by atoms with van der Waals surface area (Å²) in [5.74, 6) is 0.398. The molecular formula is C17H13Cl4N5. The molecule has 0 bridgehead atoms. The molecule has 1 N–H and O–H groups in total. The van der Waals surface area contributed by atoms with Gasteiger partial charge in [-0.25, -0.2) is 9.67 Å². The fourth-order valence-corrected chi connectivity index (χ4v) is 3.07. The number of hydrazone groups is 1. The molecule has 0 fully saturated rings. The Morgan fingerprint density at radius 3 is 2.54 bits per heavy atom. The maximum absolute atomic E-state index is 6.44. The van der Waals surface area contributed by atoms with Crippen molar-refractivity contribution in [3.8, 4) is 0 Å². The number of rotatable bonds is 5. The molecule has 26 heavy (non-hydrogen) atoms. The minimum Gasteiger partial charge on any atom is -0.260 e. The Balaban J connectivity index is 1.76. The second kappa shape index (κ2) is 8.27. The lowest BCUT2D eigenvalue weighted by Gasteiger charge is -2.04. The van der Waals surface area contributed by atoms with Gasteiger partial charge in [0.25, 0.3) is 0 Å². The maximum atomic E-state index is 6.44. The van der Waals surface area contributed by atoms with Gasteiger partial charge in [0.05, 0.1) is 34.1 Å². The highest BCUT2D eigenvalue weighted by Gasteiger charge is 2.12. The van der Waals surface area contributed by atoms with E-state index in [1.165, 1.54) is 6.20 Å². The molecule has 9 heteroatoms. The fraction of sp³-hybridized carbons (Fsp3) is 0.118. The average Bonchev–Trinajstić information content (AvgIpc) is 2.86. The lowest BCUT2D eigenvalue weighted by Crippen LogP contribution is -2.02. The molecule has 3 rings (SSSR count). The highest BCUT2D eigenvalue weighted by atomic mass is 35.5. The van der Waals surface area contributed by atoms with Crippen LogP contribution in [-0.4, -0.2) is 21.0 Å². The van der Waals surface area contributed by atoms with Crippen molar-refractivity contribution >= 4 is 58.4 Å². The molecule has 134 valence electrons. The molecule has 0 aliphatic heterocycles. The summed E-state index contributed by atoms with van der Waals surface area (Å²) in [5.41, 5.74) is 5.27. The summed E-state index contributed by atoms with van der Waals surface area (Å²) in [5, 5.41) is 10.6. The smallest absolute Gasteiger partial charge is 0.165 e. The summed E-state index contributed by atoms with van der Waals surface area (Å²) in [6, 6.07) is 9.10. The number of nitrogens with zero attached hydrogens (tertiary/aromatic N) is 4. The first-order valence-corrected chi connectivity index (χ1v) is 9.02. The van der Waals surface area contributed by atoms with Gasteiger partial charge in [0.1, 0.15) is 5.15 Å². The van der Waals surface area contributed by atoms with Crippen molar-refractivity contribution in [3.05, 3.63) is 73.6 Å². The molecule has 0 atom stereocenters. The quantitative estimate of drug-likeness (QED) is 0.419. The SMILES string of the molecule is Cc1nn(Cc2ccc(Cl)cc2)c(Cl)c1/C=N/Nc1ncc(Cl)cc1Cl. The van der Waals surface area contributed by atoms with Gasteiger partial charge < -0.3 is 0 Å². The Morgan fingerprint density at radius 2 is 1.85 bits per heavy atom. The second-order valence-corrected chi connectivity index (χ2v) is 7.07. The molecule has 5 nitrogen and oxygen atoms in total. The van der Waals surface area contributed by atoms with Crippen molar-refractivity contribution in [1.29, 1.82) is 0 Å². The molecule has 0 saturated heterocycles.